The van der Waals surface area contributed by atoms with Gasteiger partial charge in [-0.25, -0.2) is 0 Å². The molecule has 1 aromatic carbocycles. The first-order valence-corrected chi connectivity index (χ1v) is 8.21. The molecule has 5 heteroatoms. The number of aliphatic hydroxyl groups is 1. The zero-order chi connectivity index (χ0) is 14.9. The summed E-state index contributed by atoms with van der Waals surface area (Å²) < 4.78 is 11.6. The van der Waals surface area contributed by atoms with Crippen LogP contribution in [0.25, 0.3) is 11.1 Å². The maximum Gasteiger partial charge on any atom is 0.298 e. The number of ether oxygens (including phenoxy) is 1. The van der Waals surface area contributed by atoms with Gasteiger partial charge in [0.1, 0.15) is 5.52 Å². The quantitative estimate of drug-likeness (QED) is 0.924. The lowest BCUT2D eigenvalue weighted by Gasteiger charge is -2.42. The number of hydrogen-bond donors (Lipinski definition) is 1. The van der Waals surface area contributed by atoms with E-state index in [9.17, 15) is 5.11 Å². The van der Waals surface area contributed by atoms with Crippen molar-refractivity contribution in [2.75, 3.05) is 24.7 Å². The van der Waals surface area contributed by atoms with Crippen molar-refractivity contribution in [2.24, 2.45) is 5.92 Å². The number of hydrogen-bond acceptors (Lipinski definition) is 5. The second kappa shape index (κ2) is 5.89. The van der Waals surface area contributed by atoms with Crippen molar-refractivity contribution < 1.29 is 14.3 Å². The van der Waals surface area contributed by atoms with Gasteiger partial charge in [0.2, 0.25) is 0 Å². The molecule has 0 spiro atoms. The minimum Gasteiger partial charge on any atom is -0.423 e. The number of nitrogens with zero attached hydrogens (tertiary/aromatic N) is 2. The van der Waals surface area contributed by atoms with Crippen molar-refractivity contribution in [3.8, 4) is 0 Å². The van der Waals surface area contributed by atoms with Gasteiger partial charge >= 0.3 is 0 Å². The number of aromatic nitrogens is 1. The highest BCUT2D eigenvalue weighted by Crippen LogP contribution is 2.34. The molecular weight excluding hydrogens is 280 g/mol. The fraction of sp³-hybridized carbons (Fsp3) is 0.588. The Labute approximate surface area is 129 Å². The molecular formula is C17H22N2O3. The third-order valence-electron chi connectivity index (χ3n) is 4.97. The van der Waals surface area contributed by atoms with Gasteiger partial charge in [0.15, 0.2) is 5.58 Å². The van der Waals surface area contributed by atoms with Gasteiger partial charge < -0.3 is 19.2 Å². The Kier molecular flexibility index (Phi) is 3.76. The highest BCUT2D eigenvalue weighted by Gasteiger charge is 2.38. The molecule has 2 aromatic rings. The van der Waals surface area contributed by atoms with E-state index in [1.54, 1.807) is 0 Å². The second-order valence-electron chi connectivity index (χ2n) is 6.32. The summed E-state index contributed by atoms with van der Waals surface area (Å²) in [4.78, 5) is 6.83. The van der Waals surface area contributed by atoms with Gasteiger partial charge in [-0.3, -0.25) is 0 Å². The van der Waals surface area contributed by atoms with Crippen molar-refractivity contribution in [3.63, 3.8) is 0 Å². The summed E-state index contributed by atoms with van der Waals surface area (Å²) in [5, 5.41) is 10.4. The van der Waals surface area contributed by atoms with Crippen LogP contribution in [-0.2, 0) is 4.74 Å². The van der Waals surface area contributed by atoms with Crippen molar-refractivity contribution in [1.82, 2.24) is 4.98 Å². The monoisotopic (exact) mass is 302 g/mol. The van der Waals surface area contributed by atoms with Crippen LogP contribution in [-0.4, -0.2) is 42.0 Å². The molecule has 0 radical (unpaired) electrons. The maximum atomic E-state index is 10.4. The molecule has 1 saturated heterocycles. The topological polar surface area (TPSA) is 58.7 Å². The molecule has 0 amide bonds. The zero-order valence-electron chi connectivity index (χ0n) is 12.6. The van der Waals surface area contributed by atoms with Crippen LogP contribution in [0.15, 0.2) is 28.7 Å². The molecule has 1 saturated carbocycles. The number of morpholine rings is 1. The predicted octanol–water partition coefficient (Wildman–Crippen LogP) is 2.58. The molecule has 1 N–H and O–H groups in total. The Bertz CT molecular complexity index is 609. The molecule has 3 atom stereocenters. The van der Waals surface area contributed by atoms with E-state index < -0.39 is 0 Å². The van der Waals surface area contributed by atoms with Crippen LogP contribution in [0, 0.1) is 5.92 Å². The molecule has 0 bridgehead atoms. The van der Waals surface area contributed by atoms with Crippen molar-refractivity contribution in [2.45, 2.75) is 37.8 Å². The third-order valence-corrected chi connectivity index (χ3v) is 4.97. The van der Waals surface area contributed by atoms with E-state index in [1.165, 1.54) is 6.42 Å². The lowest BCUT2D eigenvalue weighted by Crippen LogP contribution is -2.53. The van der Waals surface area contributed by atoms with Gasteiger partial charge in [0.25, 0.3) is 6.01 Å². The van der Waals surface area contributed by atoms with Crippen molar-refractivity contribution in [1.29, 1.82) is 0 Å². The minimum absolute atomic E-state index is 0.150. The number of para-hydroxylation sites is 2. The Balaban J connectivity index is 1.64. The Morgan fingerprint density at radius 1 is 1.18 bits per heavy atom. The summed E-state index contributed by atoms with van der Waals surface area (Å²) >= 11 is 0. The highest BCUT2D eigenvalue weighted by molar-refractivity contribution is 5.74. The summed E-state index contributed by atoms with van der Waals surface area (Å²) in [5.41, 5.74) is 1.69. The number of anilines is 1. The molecule has 1 aliphatic heterocycles. The summed E-state index contributed by atoms with van der Waals surface area (Å²) in [6, 6.07) is 8.64. The van der Waals surface area contributed by atoms with Crippen LogP contribution in [0.1, 0.15) is 25.7 Å². The summed E-state index contributed by atoms with van der Waals surface area (Å²) in [7, 11) is 0. The lowest BCUT2D eigenvalue weighted by atomic mass is 9.81. The molecule has 2 fully saturated rings. The van der Waals surface area contributed by atoms with Gasteiger partial charge in [0.05, 0.1) is 25.4 Å². The molecule has 2 heterocycles. The Hall–Kier alpha value is -1.59. The largest absolute Gasteiger partial charge is 0.423 e. The van der Waals surface area contributed by atoms with Crippen molar-refractivity contribution in [3.05, 3.63) is 24.3 Å². The number of oxazole rings is 1. The first-order chi connectivity index (χ1) is 10.8. The number of benzene rings is 1. The van der Waals surface area contributed by atoms with Gasteiger partial charge in [-0.05, 0) is 25.0 Å². The number of fused-ring (bicyclic) bond motifs is 1. The lowest BCUT2D eigenvalue weighted by molar-refractivity contribution is 0.00709. The molecule has 118 valence electrons. The predicted molar refractivity (Wildman–Crippen MR) is 83.9 cm³/mol. The van der Waals surface area contributed by atoms with E-state index in [0.29, 0.717) is 19.2 Å². The Morgan fingerprint density at radius 2 is 2.05 bits per heavy atom. The molecule has 2 aliphatic rings. The van der Waals surface area contributed by atoms with E-state index in [1.807, 2.05) is 24.3 Å². The van der Waals surface area contributed by atoms with E-state index in [4.69, 9.17) is 9.15 Å². The van der Waals surface area contributed by atoms with Crippen molar-refractivity contribution >= 4 is 17.1 Å². The fourth-order valence-electron chi connectivity index (χ4n) is 3.79. The SMILES string of the molecule is OC1CCCCC1C1COCCN1c1nc2ccccc2o1. The van der Waals surface area contributed by atoms with Gasteiger partial charge in [-0.1, -0.05) is 25.0 Å². The molecule has 1 aliphatic carbocycles. The Morgan fingerprint density at radius 3 is 2.91 bits per heavy atom. The van der Waals surface area contributed by atoms with Gasteiger partial charge in [-0.2, -0.15) is 4.98 Å². The van der Waals surface area contributed by atoms with Crippen LogP contribution in [0.2, 0.25) is 0 Å². The molecule has 5 nitrogen and oxygen atoms in total. The molecule has 4 rings (SSSR count). The fourth-order valence-corrected chi connectivity index (χ4v) is 3.79. The average molecular weight is 302 g/mol. The molecule has 3 unspecified atom stereocenters. The van der Waals surface area contributed by atoms with E-state index >= 15 is 0 Å². The first-order valence-electron chi connectivity index (χ1n) is 8.21. The van der Waals surface area contributed by atoms with Crippen LogP contribution >= 0.6 is 0 Å². The standard InChI is InChI=1S/C17H22N2O3/c20-15-7-3-1-5-12(15)14-11-21-10-9-19(14)17-18-13-6-2-4-8-16(13)22-17/h2,4,6,8,12,14-15,20H,1,3,5,7,9-11H2. The zero-order valence-corrected chi connectivity index (χ0v) is 12.6. The second-order valence-corrected chi connectivity index (χ2v) is 6.32. The van der Waals surface area contributed by atoms with Crippen LogP contribution < -0.4 is 4.90 Å². The van der Waals surface area contributed by atoms with Gasteiger partial charge in [-0.15, -0.1) is 0 Å². The maximum absolute atomic E-state index is 10.4. The minimum atomic E-state index is -0.243. The highest BCUT2D eigenvalue weighted by atomic mass is 16.5. The smallest absolute Gasteiger partial charge is 0.298 e. The van der Waals surface area contributed by atoms with E-state index in [2.05, 4.69) is 9.88 Å². The van der Waals surface area contributed by atoms with E-state index in [-0.39, 0.29) is 18.1 Å². The normalized spacial score (nSPS) is 29.9. The molecule has 22 heavy (non-hydrogen) atoms. The molecule has 1 aromatic heterocycles. The first kappa shape index (κ1) is 14.0. The average Bonchev–Trinajstić information content (AvgIpc) is 2.99. The van der Waals surface area contributed by atoms with Gasteiger partial charge in [0, 0.05) is 12.5 Å². The third kappa shape index (κ3) is 2.48. The van der Waals surface area contributed by atoms with Crippen LogP contribution in [0.5, 0.6) is 0 Å². The van der Waals surface area contributed by atoms with E-state index in [0.717, 1.165) is 36.9 Å². The van der Waals surface area contributed by atoms with Crippen LogP contribution in [0.4, 0.5) is 6.01 Å². The number of aliphatic hydroxyl groups excluding tert-OH is 1. The summed E-state index contributed by atoms with van der Waals surface area (Å²) in [6.45, 7) is 2.08. The number of rotatable bonds is 2. The summed E-state index contributed by atoms with van der Waals surface area (Å²) in [6.07, 6.45) is 4.00. The summed E-state index contributed by atoms with van der Waals surface area (Å²) in [5.74, 6) is 0.240. The van der Waals surface area contributed by atoms with Crippen LogP contribution in [0.3, 0.4) is 0 Å².